The monoisotopic (exact) mass is 299 g/mol. The standard InChI is InChI=1S/C12H10FNO3S2/c13-9-4-1-2-5-10(9)14-11(15)8-19(16,17)12-6-3-7-18-12/h1-7H,8H2,(H,14,15). The van der Waals surface area contributed by atoms with Gasteiger partial charge in [-0.05, 0) is 23.6 Å². The first-order valence-corrected chi connectivity index (χ1v) is 7.83. The van der Waals surface area contributed by atoms with E-state index in [1.54, 1.807) is 17.5 Å². The Balaban J connectivity index is 2.09. The number of hydrogen-bond donors (Lipinski definition) is 1. The van der Waals surface area contributed by atoms with E-state index in [4.69, 9.17) is 0 Å². The Kier molecular flexibility index (Phi) is 3.96. The van der Waals surface area contributed by atoms with E-state index in [1.165, 1.54) is 24.3 Å². The van der Waals surface area contributed by atoms with E-state index in [0.717, 1.165) is 11.3 Å². The lowest BCUT2D eigenvalue weighted by Gasteiger charge is -2.06. The number of benzene rings is 1. The maximum absolute atomic E-state index is 13.3. The lowest BCUT2D eigenvalue weighted by Crippen LogP contribution is -2.23. The molecule has 0 radical (unpaired) electrons. The first-order chi connectivity index (χ1) is 8.99. The second-order valence-corrected chi connectivity index (χ2v) is 6.88. The van der Waals surface area contributed by atoms with Crippen LogP contribution >= 0.6 is 11.3 Å². The van der Waals surface area contributed by atoms with Gasteiger partial charge in [0.15, 0.2) is 9.84 Å². The quantitative estimate of drug-likeness (QED) is 0.942. The van der Waals surface area contributed by atoms with E-state index in [2.05, 4.69) is 5.32 Å². The smallest absolute Gasteiger partial charge is 0.240 e. The van der Waals surface area contributed by atoms with Gasteiger partial charge in [0, 0.05) is 0 Å². The summed E-state index contributed by atoms with van der Waals surface area (Å²) in [5, 5.41) is 3.85. The van der Waals surface area contributed by atoms with Crippen LogP contribution in [0.15, 0.2) is 46.0 Å². The molecule has 0 saturated heterocycles. The average molecular weight is 299 g/mol. The lowest BCUT2D eigenvalue weighted by atomic mass is 10.3. The summed E-state index contributed by atoms with van der Waals surface area (Å²) >= 11 is 1.04. The molecule has 0 fully saturated rings. The van der Waals surface area contributed by atoms with Crippen molar-refractivity contribution in [2.24, 2.45) is 0 Å². The van der Waals surface area contributed by atoms with Crippen molar-refractivity contribution < 1.29 is 17.6 Å². The molecule has 1 heterocycles. The minimum atomic E-state index is -3.67. The van der Waals surface area contributed by atoms with Crippen molar-refractivity contribution in [1.82, 2.24) is 0 Å². The van der Waals surface area contributed by atoms with Crippen LogP contribution in [0.2, 0.25) is 0 Å². The van der Waals surface area contributed by atoms with E-state index >= 15 is 0 Å². The highest BCUT2D eigenvalue weighted by molar-refractivity contribution is 7.94. The van der Waals surface area contributed by atoms with Crippen molar-refractivity contribution in [1.29, 1.82) is 0 Å². The zero-order valence-electron chi connectivity index (χ0n) is 9.67. The number of carbonyl (C=O) groups is 1. The lowest BCUT2D eigenvalue weighted by molar-refractivity contribution is -0.113. The Morgan fingerprint density at radius 1 is 1.21 bits per heavy atom. The number of anilines is 1. The molecule has 0 unspecified atom stereocenters. The third-order valence-electron chi connectivity index (χ3n) is 2.27. The van der Waals surface area contributed by atoms with E-state index in [9.17, 15) is 17.6 Å². The summed E-state index contributed by atoms with van der Waals surface area (Å²) in [4.78, 5) is 11.6. The number of carbonyl (C=O) groups excluding carboxylic acids is 1. The predicted octanol–water partition coefficient (Wildman–Crippen LogP) is 2.30. The maximum atomic E-state index is 13.3. The van der Waals surface area contributed by atoms with Crippen LogP contribution in [-0.2, 0) is 14.6 Å². The number of para-hydroxylation sites is 1. The Labute approximate surface area is 113 Å². The molecule has 100 valence electrons. The molecule has 0 aliphatic carbocycles. The largest absolute Gasteiger partial charge is 0.323 e. The fourth-order valence-electron chi connectivity index (χ4n) is 1.43. The van der Waals surface area contributed by atoms with Crippen molar-refractivity contribution >= 4 is 32.8 Å². The second-order valence-electron chi connectivity index (χ2n) is 3.72. The van der Waals surface area contributed by atoms with Crippen molar-refractivity contribution in [2.45, 2.75) is 4.21 Å². The zero-order chi connectivity index (χ0) is 13.9. The minimum absolute atomic E-state index is 0.0334. The highest BCUT2D eigenvalue weighted by atomic mass is 32.2. The van der Waals surface area contributed by atoms with Gasteiger partial charge in [-0.25, -0.2) is 12.8 Å². The molecule has 4 nitrogen and oxygen atoms in total. The molecular formula is C12H10FNO3S2. The molecule has 0 bridgehead atoms. The van der Waals surface area contributed by atoms with E-state index in [1.807, 2.05) is 0 Å². The number of sulfone groups is 1. The molecule has 2 rings (SSSR count). The van der Waals surface area contributed by atoms with E-state index < -0.39 is 27.3 Å². The maximum Gasteiger partial charge on any atom is 0.240 e. The molecule has 1 aromatic carbocycles. The summed E-state index contributed by atoms with van der Waals surface area (Å²) in [6, 6.07) is 8.59. The highest BCUT2D eigenvalue weighted by Crippen LogP contribution is 2.18. The van der Waals surface area contributed by atoms with Crippen LogP contribution in [-0.4, -0.2) is 20.1 Å². The fraction of sp³-hybridized carbons (Fsp3) is 0.0833. The summed E-state index contributed by atoms with van der Waals surface area (Å²) < 4.78 is 37.1. The molecule has 19 heavy (non-hydrogen) atoms. The van der Waals surface area contributed by atoms with Crippen molar-refractivity contribution in [3.05, 3.63) is 47.6 Å². The molecule has 1 aromatic heterocycles. The van der Waals surface area contributed by atoms with Crippen molar-refractivity contribution in [3.8, 4) is 0 Å². The Morgan fingerprint density at radius 2 is 1.95 bits per heavy atom. The van der Waals surface area contributed by atoms with Gasteiger partial charge in [0.1, 0.15) is 15.8 Å². The van der Waals surface area contributed by atoms with Gasteiger partial charge in [0.05, 0.1) is 5.69 Å². The van der Waals surface area contributed by atoms with Gasteiger partial charge in [-0.2, -0.15) is 0 Å². The Hall–Kier alpha value is -1.73. The molecule has 0 atom stereocenters. The summed E-state index contributed by atoms with van der Waals surface area (Å²) in [5.41, 5.74) is -0.0334. The van der Waals surface area contributed by atoms with Gasteiger partial charge in [-0.1, -0.05) is 18.2 Å². The second kappa shape index (κ2) is 5.50. The molecule has 2 aromatic rings. The average Bonchev–Trinajstić information content (AvgIpc) is 2.85. The Bertz CT molecular complexity index is 681. The van der Waals surface area contributed by atoms with Crippen LogP contribution < -0.4 is 5.32 Å². The topological polar surface area (TPSA) is 63.2 Å². The van der Waals surface area contributed by atoms with Crippen LogP contribution in [0.5, 0.6) is 0 Å². The summed E-state index contributed by atoms with van der Waals surface area (Å²) in [6.07, 6.45) is 0. The minimum Gasteiger partial charge on any atom is -0.323 e. The molecule has 0 aliphatic heterocycles. The molecule has 7 heteroatoms. The van der Waals surface area contributed by atoms with Gasteiger partial charge in [-0.3, -0.25) is 4.79 Å². The van der Waals surface area contributed by atoms with E-state index in [-0.39, 0.29) is 9.90 Å². The molecule has 1 amide bonds. The summed E-state index contributed by atoms with van der Waals surface area (Å²) in [5.74, 6) is -2.08. The number of rotatable bonds is 4. The van der Waals surface area contributed by atoms with Crippen LogP contribution in [0.4, 0.5) is 10.1 Å². The van der Waals surface area contributed by atoms with Gasteiger partial charge >= 0.3 is 0 Å². The Morgan fingerprint density at radius 3 is 2.58 bits per heavy atom. The number of amides is 1. The number of hydrogen-bond acceptors (Lipinski definition) is 4. The molecular weight excluding hydrogens is 289 g/mol. The van der Waals surface area contributed by atoms with Gasteiger partial charge in [-0.15, -0.1) is 11.3 Å². The van der Waals surface area contributed by atoms with E-state index in [0.29, 0.717) is 0 Å². The van der Waals surface area contributed by atoms with Crippen LogP contribution in [0.1, 0.15) is 0 Å². The first kappa shape index (κ1) is 13.7. The molecule has 0 aliphatic rings. The zero-order valence-corrected chi connectivity index (χ0v) is 11.3. The molecule has 0 saturated carbocycles. The highest BCUT2D eigenvalue weighted by Gasteiger charge is 2.20. The van der Waals surface area contributed by atoms with Gasteiger partial charge < -0.3 is 5.32 Å². The normalized spacial score (nSPS) is 11.2. The predicted molar refractivity (Wildman–Crippen MR) is 71.4 cm³/mol. The van der Waals surface area contributed by atoms with Crippen molar-refractivity contribution in [3.63, 3.8) is 0 Å². The number of halogens is 1. The number of thiophene rings is 1. The van der Waals surface area contributed by atoms with Crippen LogP contribution in [0, 0.1) is 5.82 Å². The van der Waals surface area contributed by atoms with Crippen LogP contribution in [0.25, 0.3) is 0 Å². The summed E-state index contributed by atoms with van der Waals surface area (Å²) in [6.45, 7) is 0. The number of nitrogens with one attached hydrogen (secondary N) is 1. The molecule has 1 N–H and O–H groups in total. The first-order valence-electron chi connectivity index (χ1n) is 5.30. The van der Waals surface area contributed by atoms with Crippen molar-refractivity contribution in [2.75, 3.05) is 11.1 Å². The SMILES string of the molecule is O=C(CS(=O)(=O)c1cccs1)Nc1ccccc1F. The summed E-state index contributed by atoms with van der Waals surface area (Å²) in [7, 11) is -3.67. The third kappa shape index (κ3) is 3.39. The molecule has 0 spiro atoms. The van der Waals surface area contributed by atoms with Crippen LogP contribution in [0.3, 0.4) is 0 Å². The van der Waals surface area contributed by atoms with Gasteiger partial charge in [0.25, 0.3) is 0 Å². The van der Waals surface area contributed by atoms with Gasteiger partial charge in [0.2, 0.25) is 5.91 Å². The fourth-order valence-corrected chi connectivity index (χ4v) is 3.66. The third-order valence-corrected chi connectivity index (χ3v) is 5.37.